The van der Waals surface area contributed by atoms with E-state index in [0.29, 0.717) is 22.3 Å². The Balaban J connectivity index is 1.15. The standard InChI is InChI=1S/C41H48N2O13/c1-40(2,3)56-33(46)15-13-29(21-44)43-37(48)26-10-7-9-25(17-26)20-42-36(47)28-18-30-34(53-23-52-30)31(19-28)54-38(49)27-11-6-8-24(16-27)12-14-32(45)55-35-39(50)51-22-41(35,4)5/h6-12,14,16-18,29-31,34-35,44H,13,15,19-23H2,1-5H3,(H,42,47)(H,43,48). The second-order valence-corrected chi connectivity index (χ2v) is 15.5. The second kappa shape index (κ2) is 18.0. The van der Waals surface area contributed by atoms with Gasteiger partial charge >= 0.3 is 23.9 Å². The minimum atomic E-state index is -1.02. The van der Waals surface area contributed by atoms with E-state index < -0.39 is 77.2 Å². The molecule has 2 heterocycles. The van der Waals surface area contributed by atoms with E-state index in [-0.39, 0.29) is 51.4 Å². The predicted molar refractivity (Wildman–Crippen MR) is 198 cm³/mol. The fourth-order valence-corrected chi connectivity index (χ4v) is 6.23. The molecule has 2 fully saturated rings. The van der Waals surface area contributed by atoms with Crippen molar-refractivity contribution >= 4 is 41.8 Å². The third-order valence-corrected chi connectivity index (χ3v) is 9.14. The van der Waals surface area contributed by atoms with Crippen molar-refractivity contribution in [1.29, 1.82) is 0 Å². The molecule has 15 nitrogen and oxygen atoms in total. The van der Waals surface area contributed by atoms with Gasteiger partial charge in [0.15, 0.2) is 0 Å². The highest BCUT2D eigenvalue weighted by Crippen LogP contribution is 2.32. The molecule has 2 aromatic rings. The third-order valence-electron chi connectivity index (χ3n) is 9.14. The Hall–Kier alpha value is -5.38. The van der Waals surface area contributed by atoms with Crippen molar-refractivity contribution in [3.63, 3.8) is 0 Å². The van der Waals surface area contributed by atoms with Crippen LogP contribution in [0.4, 0.5) is 0 Å². The first-order valence-electron chi connectivity index (χ1n) is 18.3. The van der Waals surface area contributed by atoms with Gasteiger partial charge in [0.1, 0.15) is 37.3 Å². The Labute approximate surface area is 324 Å². The summed E-state index contributed by atoms with van der Waals surface area (Å²) < 4.78 is 32.8. The van der Waals surface area contributed by atoms with Crippen LogP contribution in [0, 0.1) is 5.41 Å². The van der Waals surface area contributed by atoms with Gasteiger partial charge in [-0.1, -0.05) is 38.1 Å². The zero-order valence-electron chi connectivity index (χ0n) is 32.0. The van der Waals surface area contributed by atoms with Crippen LogP contribution in [0.15, 0.2) is 66.3 Å². The molecule has 56 heavy (non-hydrogen) atoms. The number of hydrogen-bond acceptors (Lipinski definition) is 13. The number of fused-ring (bicyclic) bond motifs is 1. The summed E-state index contributed by atoms with van der Waals surface area (Å²) in [5, 5.41) is 15.4. The van der Waals surface area contributed by atoms with E-state index in [1.165, 1.54) is 12.1 Å². The second-order valence-electron chi connectivity index (χ2n) is 15.5. The van der Waals surface area contributed by atoms with Crippen LogP contribution in [0.5, 0.6) is 0 Å². The highest BCUT2D eigenvalue weighted by Gasteiger charge is 2.46. The smallest absolute Gasteiger partial charge is 0.348 e. The Kier molecular flexibility index (Phi) is 13.5. The zero-order chi connectivity index (χ0) is 40.6. The Bertz CT molecular complexity index is 1880. The number of nitrogens with one attached hydrogen (secondary N) is 2. The van der Waals surface area contributed by atoms with Gasteiger partial charge in [-0.3, -0.25) is 14.4 Å². The van der Waals surface area contributed by atoms with E-state index in [1.807, 2.05) is 0 Å². The molecule has 15 heteroatoms. The molecule has 2 aromatic carbocycles. The summed E-state index contributed by atoms with van der Waals surface area (Å²) in [4.78, 5) is 76.2. The molecule has 5 rings (SSSR count). The highest BCUT2D eigenvalue weighted by molar-refractivity contribution is 5.96. The number of hydrogen-bond donors (Lipinski definition) is 3. The van der Waals surface area contributed by atoms with Crippen LogP contribution < -0.4 is 10.6 Å². The lowest BCUT2D eigenvalue weighted by Crippen LogP contribution is -2.43. The van der Waals surface area contributed by atoms with Gasteiger partial charge < -0.3 is 44.2 Å². The van der Waals surface area contributed by atoms with Crippen LogP contribution in [0.2, 0.25) is 0 Å². The van der Waals surface area contributed by atoms with Gasteiger partial charge in [0.2, 0.25) is 12.0 Å². The molecule has 1 aliphatic carbocycles. The predicted octanol–water partition coefficient (Wildman–Crippen LogP) is 3.32. The van der Waals surface area contributed by atoms with Gasteiger partial charge in [-0.2, -0.15) is 0 Å². The third kappa shape index (κ3) is 11.3. The first kappa shape index (κ1) is 41.8. The number of benzene rings is 2. The Morgan fingerprint density at radius 1 is 1.00 bits per heavy atom. The number of carbonyl (C=O) groups is 6. The first-order chi connectivity index (χ1) is 26.5. The van der Waals surface area contributed by atoms with Gasteiger partial charge in [0.25, 0.3) is 5.91 Å². The van der Waals surface area contributed by atoms with Crippen molar-refractivity contribution in [2.24, 2.45) is 5.41 Å². The lowest BCUT2D eigenvalue weighted by atomic mass is 9.90. The molecule has 0 radical (unpaired) electrons. The Morgan fingerprint density at radius 2 is 1.75 bits per heavy atom. The number of aliphatic hydroxyl groups excluding tert-OH is 1. The molecule has 2 amide bonds. The molecule has 300 valence electrons. The minimum absolute atomic E-state index is 0.0232. The average Bonchev–Trinajstić information content (AvgIpc) is 3.74. The monoisotopic (exact) mass is 776 g/mol. The SMILES string of the molecule is CC(C)(C)OC(=O)CCC(CO)NC(=O)c1cccc(CNC(=O)C2=CC3OCOC3C(OC(=O)c3cccc(C=CC(=O)OC4C(=O)OCC4(C)C)c3)C2)c1. The van der Waals surface area contributed by atoms with Gasteiger partial charge in [-0.25, -0.2) is 14.4 Å². The van der Waals surface area contributed by atoms with Crippen LogP contribution in [0.1, 0.15) is 85.7 Å². The summed E-state index contributed by atoms with van der Waals surface area (Å²) in [6, 6.07) is 12.3. The average molecular weight is 777 g/mol. The molecule has 5 unspecified atom stereocenters. The van der Waals surface area contributed by atoms with E-state index in [2.05, 4.69) is 10.6 Å². The number of amides is 2. The topological polar surface area (TPSA) is 202 Å². The maximum absolute atomic E-state index is 13.4. The van der Waals surface area contributed by atoms with Gasteiger partial charge in [0, 0.05) is 42.0 Å². The number of rotatable bonds is 14. The lowest BCUT2D eigenvalue weighted by Gasteiger charge is -2.30. The number of cyclic esters (lactones) is 1. The van der Waals surface area contributed by atoms with Crippen molar-refractivity contribution < 1.29 is 62.3 Å². The fraction of sp³-hybridized carbons (Fsp3) is 0.463. The van der Waals surface area contributed by atoms with Crippen LogP contribution >= 0.6 is 0 Å². The zero-order valence-corrected chi connectivity index (χ0v) is 32.0. The van der Waals surface area contributed by atoms with Crippen molar-refractivity contribution in [3.05, 3.63) is 88.5 Å². The maximum atomic E-state index is 13.4. The van der Waals surface area contributed by atoms with Gasteiger partial charge in [-0.15, -0.1) is 0 Å². The molecule has 3 N–H and O–H groups in total. The largest absolute Gasteiger partial charge is 0.462 e. The summed E-state index contributed by atoms with van der Waals surface area (Å²) in [7, 11) is 0. The fourth-order valence-electron chi connectivity index (χ4n) is 6.23. The van der Waals surface area contributed by atoms with Crippen molar-refractivity contribution in [3.8, 4) is 0 Å². The van der Waals surface area contributed by atoms with E-state index in [0.717, 1.165) is 6.08 Å². The normalized spacial score (nSPS) is 22.0. The highest BCUT2D eigenvalue weighted by atomic mass is 16.7. The quantitative estimate of drug-likeness (QED) is 0.143. The van der Waals surface area contributed by atoms with Crippen molar-refractivity contribution in [2.75, 3.05) is 20.0 Å². The lowest BCUT2D eigenvalue weighted by molar-refractivity contribution is -0.159. The van der Waals surface area contributed by atoms with E-state index in [9.17, 15) is 33.9 Å². The minimum Gasteiger partial charge on any atom is -0.462 e. The molecule has 0 bridgehead atoms. The summed E-state index contributed by atoms with van der Waals surface area (Å²) in [6.07, 6.45) is 1.36. The molecular formula is C41H48N2O13. The molecule has 2 aliphatic heterocycles. The number of carbonyl (C=O) groups excluding carboxylic acids is 6. The van der Waals surface area contributed by atoms with Crippen LogP contribution in [0.25, 0.3) is 6.08 Å². The maximum Gasteiger partial charge on any atom is 0.348 e. The van der Waals surface area contributed by atoms with E-state index >= 15 is 0 Å². The van der Waals surface area contributed by atoms with E-state index in [4.69, 9.17) is 28.4 Å². The molecule has 3 aliphatic rings. The molecule has 2 saturated heterocycles. The molecule has 0 spiro atoms. The Morgan fingerprint density at radius 3 is 2.46 bits per heavy atom. The number of ether oxygens (including phenoxy) is 6. The first-order valence-corrected chi connectivity index (χ1v) is 18.3. The molecular weight excluding hydrogens is 728 g/mol. The molecule has 5 atom stereocenters. The summed E-state index contributed by atoms with van der Waals surface area (Å²) >= 11 is 0. The van der Waals surface area contributed by atoms with Crippen LogP contribution in [-0.4, -0.2) is 96.9 Å². The van der Waals surface area contributed by atoms with Crippen LogP contribution in [-0.2, 0) is 54.1 Å². The number of esters is 4. The number of aliphatic hydroxyl groups is 1. The van der Waals surface area contributed by atoms with Crippen LogP contribution in [0.3, 0.4) is 0 Å². The summed E-state index contributed by atoms with van der Waals surface area (Å²) in [5.74, 6) is -3.33. The van der Waals surface area contributed by atoms with Crippen molar-refractivity contribution in [2.45, 2.75) is 96.5 Å². The van der Waals surface area contributed by atoms with Gasteiger partial charge in [-0.05, 0) is 74.7 Å². The van der Waals surface area contributed by atoms with Gasteiger partial charge in [0.05, 0.1) is 18.2 Å². The molecule has 0 saturated carbocycles. The van der Waals surface area contributed by atoms with E-state index in [1.54, 1.807) is 83.2 Å². The molecule has 0 aromatic heterocycles. The summed E-state index contributed by atoms with van der Waals surface area (Å²) in [6.45, 7) is 8.60. The summed E-state index contributed by atoms with van der Waals surface area (Å²) in [5.41, 5.74) is 0.646. The van der Waals surface area contributed by atoms with Crippen molar-refractivity contribution in [1.82, 2.24) is 10.6 Å².